The molecule has 7 heteroatoms. The number of benzene rings is 2. The number of hydrogen-bond donors (Lipinski definition) is 1. The second kappa shape index (κ2) is 6.97. The summed E-state index contributed by atoms with van der Waals surface area (Å²) < 4.78 is 20.6. The Labute approximate surface area is 137 Å². The first-order chi connectivity index (χ1) is 11.2. The second-order valence-electron chi connectivity index (χ2n) is 4.66. The van der Waals surface area contributed by atoms with Crippen molar-refractivity contribution in [2.45, 2.75) is 6.61 Å². The molecule has 5 nitrogen and oxygen atoms in total. The summed E-state index contributed by atoms with van der Waals surface area (Å²) in [6.07, 6.45) is 1.51. The molecule has 0 bridgehead atoms. The molecule has 3 rings (SSSR count). The molecule has 1 aromatic heterocycles. The Kier molecular flexibility index (Phi) is 4.58. The van der Waals surface area contributed by atoms with Crippen molar-refractivity contribution in [3.8, 4) is 5.75 Å². The first kappa shape index (κ1) is 15.1. The average Bonchev–Trinajstić information content (AvgIpc) is 2.92. The second-order valence-corrected chi connectivity index (χ2v) is 5.04. The van der Waals surface area contributed by atoms with Gasteiger partial charge in [0.05, 0.1) is 6.21 Å². The highest BCUT2D eigenvalue weighted by atomic mass is 32.1. The molecule has 0 aliphatic carbocycles. The Balaban J connectivity index is 1.77. The summed E-state index contributed by atoms with van der Waals surface area (Å²) in [6, 6.07) is 15.5. The van der Waals surface area contributed by atoms with E-state index in [0.717, 1.165) is 5.75 Å². The van der Waals surface area contributed by atoms with Crippen LogP contribution < -0.4 is 4.74 Å². The molecule has 0 atom stereocenters. The van der Waals surface area contributed by atoms with Gasteiger partial charge in [-0.2, -0.15) is 14.9 Å². The maximum absolute atomic E-state index is 13.2. The quantitative estimate of drug-likeness (QED) is 0.576. The Morgan fingerprint density at radius 2 is 2.04 bits per heavy atom. The Morgan fingerprint density at radius 1 is 1.22 bits per heavy atom. The van der Waals surface area contributed by atoms with E-state index >= 15 is 0 Å². The van der Waals surface area contributed by atoms with Crippen molar-refractivity contribution < 1.29 is 9.13 Å². The summed E-state index contributed by atoms with van der Waals surface area (Å²) >= 11 is 5.15. The van der Waals surface area contributed by atoms with Crippen LogP contribution in [-0.2, 0) is 6.61 Å². The zero-order valence-electron chi connectivity index (χ0n) is 12.0. The van der Waals surface area contributed by atoms with Gasteiger partial charge in [-0.3, -0.25) is 0 Å². The van der Waals surface area contributed by atoms with E-state index in [1.54, 1.807) is 12.1 Å². The van der Waals surface area contributed by atoms with Crippen LogP contribution in [0.5, 0.6) is 5.75 Å². The average molecular weight is 328 g/mol. The molecule has 23 heavy (non-hydrogen) atoms. The lowest BCUT2D eigenvalue weighted by Gasteiger charge is -2.04. The minimum Gasteiger partial charge on any atom is -0.486 e. The minimum absolute atomic E-state index is 0.206. The van der Waals surface area contributed by atoms with Crippen molar-refractivity contribution in [3.05, 3.63) is 76.6 Å². The number of halogens is 1. The van der Waals surface area contributed by atoms with Crippen molar-refractivity contribution in [1.29, 1.82) is 0 Å². The Hall–Kier alpha value is -2.80. The highest BCUT2D eigenvalue weighted by Gasteiger charge is 2.06. The summed E-state index contributed by atoms with van der Waals surface area (Å²) in [4.78, 5) is 0. The summed E-state index contributed by atoms with van der Waals surface area (Å²) in [5.74, 6) is 0.922. The van der Waals surface area contributed by atoms with Gasteiger partial charge >= 0.3 is 0 Å². The number of aromatic amines is 1. The number of rotatable bonds is 5. The summed E-state index contributed by atoms with van der Waals surface area (Å²) in [5, 5.41) is 11.0. The normalized spacial score (nSPS) is 11.0. The van der Waals surface area contributed by atoms with Crippen molar-refractivity contribution in [3.63, 3.8) is 0 Å². The van der Waals surface area contributed by atoms with E-state index in [1.165, 1.54) is 23.0 Å². The standard InChI is InChI=1S/C16H13FN4OS/c17-13-6-4-5-12(9-13)10-18-21-15(19-20-16(21)23)11-22-14-7-2-1-3-8-14/h1-10H,11H2,(H,20,23)/b18-10+. The van der Waals surface area contributed by atoms with Gasteiger partial charge in [-0.15, -0.1) is 0 Å². The van der Waals surface area contributed by atoms with Crippen LogP contribution in [-0.4, -0.2) is 21.1 Å². The number of nitrogens with zero attached hydrogens (tertiary/aromatic N) is 3. The first-order valence-electron chi connectivity index (χ1n) is 6.86. The lowest BCUT2D eigenvalue weighted by atomic mass is 10.2. The van der Waals surface area contributed by atoms with Crippen LogP contribution in [0.4, 0.5) is 4.39 Å². The van der Waals surface area contributed by atoms with E-state index in [-0.39, 0.29) is 12.4 Å². The molecule has 0 saturated carbocycles. The highest BCUT2D eigenvalue weighted by Crippen LogP contribution is 2.11. The van der Waals surface area contributed by atoms with Gasteiger partial charge < -0.3 is 4.74 Å². The smallest absolute Gasteiger partial charge is 0.216 e. The predicted octanol–water partition coefficient (Wildman–Crippen LogP) is 3.54. The van der Waals surface area contributed by atoms with E-state index in [1.807, 2.05) is 30.3 Å². The van der Waals surface area contributed by atoms with E-state index < -0.39 is 0 Å². The number of ether oxygens (including phenoxy) is 1. The van der Waals surface area contributed by atoms with Crippen LogP contribution in [0.2, 0.25) is 0 Å². The molecule has 0 amide bonds. The van der Waals surface area contributed by atoms with Crippen molar-refractivity contribution in [2.75, 3.05) is 0 Å². The van der Waals surface area contributed by atoms with Gasteiger partial charge in [0.1, 0.15) is 18.2 Å². The van der Waals surface area contributed by atoms with Crippen LogP contribution in [0.25, 0.3) is 0 Å². The number of aromatic nitrogens is 3. The third-order valence-electron chi connectivity index (χ3n) is 3.00. The molecule has 0 unspecified atom stereocenters. The van der Waals surface area contributed by atoms with Crippen LogP contribution in [0.15, 0.2) is 59.7 Å². The number of hydrogen-bond acceptors (Lipinski definition) is 4. The number of H-pyrrole nitrogens is 1. The molecule has 1 N–H and O–H groups in total. The number of nitrogens with one attached hydrogen (secondary N) is 1. The van der Waals surface area contributed by atoms with E-state index in [2.05, 4.69) is 15.3 Å². The summed E-state index contributed by atoms with van der Waals surface area (Å²) in [6.45, 7) is 0.206. The van der Waals surface area contributed by atoms with E-state index in [0.29, 0.717) is 16.2 Å². The molecule has 0 aliphatic heterocycles. The first-order valence-corrected chi connectivity index (χ1v) is 7.27. The van der Waals surface area contributed by atoms with Gasteiger partial charge in [0, 0.05) is 0 Å². The van der Waals surface area contributed by atoms with Crippen molar-refractivity contribution >= 4 is 18.4 Å². The van der Waals surface area contributed by atoms with Crippen LogP contribution in [0.3, 0.4) is 0 Å². The fourth-order valence-electron chi connectivity index (χ4n) is 1.91. The molecule has 3 aromatic rings. The molecule has 0 aliphatic rings. The topological polar surface area (TPSA) is 55.2 Å². The summed E-state index contributed by atoms with van der Waals surface area (Å²) in [7, 11) is 0. The molecule has 0 radical (unpaired) electrons. The third-order valence-corrected chi connectivity index (χ3v) is 3.26. The molecular formula is C16H13FN4OS. The van der Waals surface area contributed by atoms with E-state index in [9.17, 15) is 4.39 Å². The molecule has 1 heterocycles. The van der Waals surface area contributed by atoms with Crippen LogP contribution in [0, 0.1) is 10.6 Å². The minimum atomic E-state index is -0.322. The number of para-hydroxylation sites is 1. The van der Waals surface area contributed by atoms with Crippen LogP contribution >= 0.6 is 12.2 Å². The van der Waals surface area contributed by atoms with Gasteiger partial charge in [0.15, 0.2) is 5.82 Å². The zero-order valence-corrected chi connectivity index (χ0v) is 12.8. The lowest BCUT2D eigenvalue weighted by molar-refractivity contribution is 0.290. The largest absolute Gasteiger partial charge is 0.486 e. The van der Waals surface area contributed by atoms with Crippen molar-refractivity contribution in [1.82, 2.24) is 14.9 Å². The lowest BCUT2D eigenvalue weighted by Crippen LogP contribution is -2.04. The van der Waals surface area contributed by atoms with Gasteiger partial charge in [-0.25, -0.2) is 9.49 Å². The molecular weight excluding hydrogens is 315 g/mol. The maximum Gasteiger partial charge on any atom is 0.216 e. The Morgan fingerprint density at radius 3 is 2.83 bits per heavy atom. The highest BCUT2D eigenvalue weighted by molar-refractivity contribution is 7.71. The zero-order chi connectivity index (χ0) is 16.1. The molecule has 0 spiro atoms. The Bertz CT molecular complexity index is 873. The van der Waals surface area contributed by atoms with Gasteiger partial charge in [0.25, 0.3) is 0 Å². The molecule has 0 fully saturated rings. The molecule has 116 valence electrons. The summed E-state index contributed by atoms with van der Waals surface area (Å²) in [5.41, 5.74) is 0.628. The van der Waals surface area contributed by atoms with Gasteiger partial charge in [0.2, 0.25) is 4.77 Å². The molecule has 2 aromatic carbocycles. The third kappa shape index (κ3) is 3.89. The monoisotopic (exact) mass is 328 g/mol. The van der Waals surface area contributed by atoms with Crippen molar-refractivity contribution in [2.24, 2.45) is 5.10 Å². The van der Waals surface area contributed by atoms with Gasteiger partial charge in [-0.1, -0.05) is 30.3 Å². The fraction of sp³-hybridized carbons (Fsp3) is 0.0625. The predicted molar refractivity (Wildman–Crippen MR) is 87.6 cm³/mol. The molecule has 0 saturated heterocycles. The van der Waals surface area contributed by atoms with Gasteiger partial charge in [-0.05, 0) is 42.0 Å². The fourth-order valence-corrected chi connectivity index (χ4v) is 2.11. The maximum atomic E-state index is 13.2. The SMILES string of the molecule is Fc1cccc(/C=N/n2c(COc3ccccc3)n[nH]c2=S)c1. The van der Waals surface area contributed by atoms with E-state index in [4.69, 9.17) is 17.0 Å². The van der Waals surface area contributed by atoms with Crippen LogP contribution in [0.1, 0.15) is 11.4 Å².